The third kappa shape index (κ3) is 9.10. The summed E-state index contributed by atoms with van der Waals surface area (Å²) in [6.45, 7) is 8.35. The van der Waals surface area contributed by atoms with Crippen molar-refractivity contribution in [2.24, 2.45) is 10.4 Å². The van der Waals surface area contributed by atoms with Crippen LogP contribution in [0.1, 0.15) is 43.1 Å². The van der Waals surface area contributed by atoms with E-state index in [0.29, 0.717) is 11.0 Å². The van der Waals surface area contributed by atoms with Gasteiger partial charge >= 0.3 is 0 Å². The highest BCUT2D eigenvalue weighted by Crippen LogP contribution is 2.16. The van der Waals surface area contributed by atoms with Gasteiger partial charge in [-0.15, -0.1) is 24.0 Å². The fourth-order valence-corrected chi connectivity index (χ4v) is 2.11. The van der Waals surface area contributed by atoms with Crippen LogP contribution < -0.4 is 16.0 Å². The lowest BCUT2D eigenvalue weighted by Gasteiger charge is -2.19. The van der Waals surface area contributed by atoms with Crippen molar-refractivity contribution in [3.05, 3.63) is 35.4 Å². The van der Waals surface area contributed by atoms with Crippen molar-refractivity contribution in [1.29, 1.82) is 0 Å². The summed E-state index contributed by atoms with van der Waals surface area (Å²) in [5.41, 5.74) is 2.13. The largest absolute Gasteiger partial charge is 0.356 e. The number of aliphatic imine (C=N–C) groups is 1. The van der Waals surface area contributed by atoms with E-state index in [0.717, 1.165) is 37.5 Å². The fraction of sp³-hybridized carbons (Fsp3) is 0.556. The molecule has 0 aliphatic carbocycles. The normalized spacial score (nSPS) is 11.5. The number of nitrogens with zero attached hydrogens (tertiary/aromatic N) is 1. The molecule has 1 rings (SSSR count). The Labute approximate surface area is 163 Å². The van der Waals surface area contributed by atoms with Crippen LogP contribution in [0.5, 0.6) is 0 Å². The highest BCUT2D eigenvalue weighted by atomic mass is 127. The monoisotopic (exact) mass is 446 g/mol. The van der Waals surface area contributed by atoms with Gasteiger partial charge in [-0.1, -0.05) is 32.9 Å². The van der Waals surface area contributed by atoms with Gasteiger partial charge in [0.25, 0.3) is 5.91 Å². The first kappa shape index (κ1) is 22.7. The first-order chi connectivity index (χ1) is 10.9. The Morgan fingerprint density at radius 2 is 1.83 bits per heavy atom. The molecule has 5 nitrogen and oxygen atoms in total. The zero-order chi connectivity index (χ0) is 17.3. The number of carbonyl (C=O) groups excluding carboxylic acids is 1. The van der Waals surface area contributed by atoms with E-state index < -0.39 is 0 Å². The number of hydrogen-bond acceptors (Lipinski definition) is 2. The maximum Gasteiger partial charge on any atom is 0.251 e. The van der Waals surface area contributed by atoms with Crippen LogP contribution in [0.2, 0.25) is 0 Å². The second kappa shape index (κ2) is 11.3. The Balaban J connectivity index is 0.00000529. The van der Waals surface area contributed by atoms with Crippen molar-refractivity contribution >= 4 is 35.8 Å². The Morgan fingerprint density at radius 3 is 2.42 bits per heavy atom. The van der Waals surface area contributed by atoms with Gasteiger partial charge in [-0.05, 0) is 36.0 Å². The number of nitrogens with one attached hydrogen (secondary N) is 3. The van der Waals surface area contributed by atoms with E-state index in [1.165, 1.54) is 0 Å². The average Bonchev–Trinajstić information content (AvgIpc) is 2.51. The van der Waals surface area contributed by atoms with E-state index in [1.807, 2.05) is 24.3 Å². The topological polar surface area (TPSA) is 65.5 Å². The van der Waals surface area contributed by atoms with E-state index >= 15 is 0 Å². The number of rotatable bonds is 6. The molecule has 0 saturated heterocycles. The van der Waals surface area contributed by atoms with Crippen LogP contribution in [0.15, 0.2) is 29.3 Å². The first-order valence-electron chi connectivity index (χ1n) is 8.11. The molecule has 1 aromatic rings. The Kier molecular flexibility index (Phi) is 10.7. The van der Waals surface area contributed by atoms with Gasteiger partial charge < -0.3 is 16.0 Å². The highest BCUT2D eigenvalue weighted by molar-refractivity contribution is 14.0. The molecule has 24 heavy (non-hydrogen) atoms. The maximum absolute atomic E-state index is 11.6. The Hall–Kier alpha value is -1.31. The summed E-state index contributed by atoms with van der Waals surface area (Å²) in [6, 6.07) is 7.69. The zero-order valence-corrected chi connectivity index (χ0v) is 17.7. The number of halogens is 1. The van der Waals surface area contributed by atoms with Crippen molar-refractivity contribution in [2.75, 3.05) is 27.2 Å². The molecule has 6 heteroatoms. The predicted octanol–water partition coefficient (Wildman–Crippen LogP) is 2.81. The molecule has 1 amide bonds. The van der Waals surface area contributed by atoms with Gasteiger partial charge in [0.05, 0.1) is 0 Å². The standard InChI is InChI=1S/C18H30N4O.HI/c1-18(2,3)10-12-22-17(20-5)21-11-9-14-7-6-8-15(13-14)16(23)19-4;/h6-8,13H,9-12H2,1-5H3,(H,19,23)(H2,20,21,22);1H. The summed E-state index contributed by atoms with van der Waals surface area (Å²) in [4.78, 5) is 15.9. The van der Waals surface area contributed by atoms with Crippen LogP contribution in [0.25, 0.3) is 0 Å². The Morgan fingerprint density at radius 1 is 1.17 bits per heavy atom. The van der Waals surface area contributed by atoms with E-state index in [-0.39, 0.29) is 29.9 Å². The van der Waals surface area contributed by atoms with Gasteiger partial charge in [0, 0.05) is 32.7 Å². The molecule has 0 aliphatic heterocycles. The van der Waals surface area contributed by atoms with Crippen molar-refractivity contribution in [3.63, 3.8) is 0 Å². The van der Waals surface area contributed by atoms with Crippen molar-refractivity contribution in [3.8, 4) is 0 Å². The smallest absolute Gasteiger partial charge is 0.251 e. The molecule has 0 heterocycles. The van der Waals surface area contributed by atoms with E-state index in [9.17, 15) is 4.79 Å². The molecule has 0 unspecified atom stereocenters. The molecular weight excluding hydrogens is 415 g/mol. The molecule has 136 valence electrons. The van der Waals surface area contributed by atoms with Crippen molar-refractivity contribution in [2.45, 2.75) is 33.6 Å². The molecule has 0 fully saturated rings. The molecule has 0 saturated carbocycles. The zero-order valence-electron chi connectivity index (χ0n) is 15.4. The Bertz CT molecular complexity index is 538. The van der Waals surface area contributed by atoms with E-state index in [1.54, 1.807) is 14.1 Å². The first-order valence-corrected chi connectivity index (χ1v) is 8.11. The van der Waals surface area contributed by atoms with Gasteiger partial charge in [-0.25, -0.2) is 0 Å². The molecule has 0 aromatic heterocycles. The van der Waals surface area contributed by atoms with Gasteiger partial charge in [0.15, 0.2) is 5.96 Å². The summed E-state index contributed by atoms with van der Waals surface area (Å²) < 4.78 is 0. The minimum absolute atomic E-state index is 0. The SMILES string of the molecule is CN=C(NCCc1cccc(C(=O)NC)c1)NCCC(C)(C)C.I. The number of carbonyl (C=O) groups is 1. The predicted molar refractivity (Wildman–Crippen MR) is 112 cm³/mol. The second-order valence-corrected chi connectivity index (χ2v) is 6.77. The number of hydrogen-bond donors (Lipinski definition) is 3. The lowest BCUT2D eigenvalue weighted by Crippen LogP contribution is -2.39. The number of amides is 1. The summed E-state index contributed by atoms with van der Waals surface area (Å²) in [7, 11) is 3.42. The maximum atomic E-state index is 11.6. The summed E-state index contributed by atoms with van der Waals surface area (Å²) in [5.74, 6) is 0.760. The molecule has 0 spiro atoms. The molecular formula is C18H31IN4O. The van der Waals surface area contributed by atoms with Crippen LogP contribution in [-0.2, 0) is 6.42 Å². The van der Waals surface area contributed by atoms with E-state index in [4.69, 9.17) is 0 Å². The van der Waals surface area contributed by atoms with Crippen molar-refractivity contribution in [1.82, 2.24) is 16.0 Å². The van der Waals surface area contributed by atoms with Gasteiger partial charge in [-0.2, -0.15) is 0 Å². The summed E-state index contributed by atoms with van der Waals surface area (Å²) >= 11 is 0. The third-order valence-corrected chi connectivity index (χ3v) is 3.51. The van der Waals surface area contributed by atoms with Crippen molar-refractivity contribution < 1.29 is 4.79 Å². The van der Waals surface area contributed by atoms with E-state index in [2.05, 4.69) is 41.7 Å². The lowest BCUT2D eigenvalue weighted by atomic mass is 9.92. The number of guanidine groups is 1. The summed E-state index contributed by atoms with van der Waals surface area (Å²) in [6.07, 6.45) is 1.92. The molecule has 0 bridgehead atoms. The minimum atomic E-state index is -0.0561. The third-order valence-electron chi connectivity index (χ3n) is 3.51. The van der Waals surface area contributed by atoms with Crippen LogP contribution in [0.3, 0.4) is 0 Å². The van der Waals surface area contributed by atoms with Crippen LogP contribution >= 0.6 is 24.0 Å². The lowest BCUT2D eigenvalue weighted by molar-refractivity contribution is 0.0963. The van der Waals surface area contributed by atoms with Crippen LogP contribution in [0.4, 0.5) is 0 Å². The number of benzene rings is 1. The second-order valence-electron chi connectivity index (χ2n) is 6.77. The molecule has 0 aliphatic rings. The van der Waals surface area contributed by atoms with Crippen LogP contribution in [0, 0.1) is 5.41 Å². The summed E-state index contributed by atoms with van der Waals surface area (Å²) in [5, 5.41) is 9.27. The minimum Gasteiger partial charge on any atom is -0.356 e. The fourth-order valence-electron chi connectivity index (χ4n) is 2.11. The van der Waals surface area contributed by atoms with Gasteiger partial charge in [-0.3, -0.25) is 9.79 Å². The van der Waals surface area contributed by atoms with Gasteiger partial charge in [0.2, 0.25) is 0 Å². The van der Waals surface area contributed by atoms with Crippen LogP contribution in [-0.4, -0.2) is 39.1 Å². The average molecular weight is 446 g/mol. The quantitative estimate of drug-likeness (QED) is 0.358. The highest BCUT2D eigenvalue weighted by Gasteiger charge is 2.09. The molecule has 3 N–H and O–H groups in total. The molecule has 0 atom stereocenters. The molecule has 1 aromatic carbocycles. The molecule has 0 radical (unpaired) electrons. The van der Waals surface area contributed by atoms with Gasteiger partial charge in [0.1, 0.15) is 0 Å².